The van der Waals surface area contributed by atoms with Crippen molar-refractivity contribution in [2.45, 2.75) is 31.5 Å². The maximum absolute atomic E-state index is 12.3. The molecule has 0 unspecified atom stereocenters. The van der Waals surface area contributed by atoms with E-state index in [1.807, 2.05) is 11.4 Å². The number of rotatable bonds is 8. The predicted molar refractivity (Wildman–Crippen MR) is 86.6 cm³/mol. The Labute approximate surface area is 136 Å². The van der Waals surface area contributed by atoms with Crippen LogP contribution in [0, 0.1) is 0 Å². The zero-order valence-corrected chi connectivity index (χ0v) is 14.7. The second-order valence-corrected chi connectivity index (χ2v) is 7.98. The summed E-state index contributed by atoms with van der Waals surface area (Å²) in [7, 11) is -3.60. The van der Waals surface area contributed by atoms with Gasteiger partial charge < -0.3 is 5.32 Å². The van der Waals surface area contributed by atoms with Gasteiger partial charge in [-0.1, -0.05) is 6.92 Å². The molecule has 0 atom stereocenters. The van der Waals surface area contributed by atoms with E-state index in [2.05, 4.69) is 43.1 Å². The van der Waals surface area contributed by atoms with Crippen molar-refractivity contribution in [3.63, 3.8) is 0 Å². The van der Waals surface area contributed by atoms with Gasteiger partial charge in [-0.3, -0.25) is 5.10 Å². The lowest BCUT2D eigenvalue weighted by atomic mass is 10.3. The van der Waals surface area contributed by atoms with Crippen molar-refractivity contribution in [3.8, 4) is 0 Å². The summed E-state index contributed by atoms with van der Waals surface area (Å²) in [5.74, 6) is 0. The van der Waals surface area contributed by atoms with E-state index in [4.69, 9.17) is 0 Å². The second kappa shape index (κ2) is 7.50. The van der Waals surface area contributed by atoms with E-state index in [0.717, 1.165) is 22.3 Å². The molecule has 0 saturated heterocycles. The standard InChI is InChI=1S/C12H17BrN4O2S2/c1-2-4-14-6-9-7-15-17-12(9)21(18,19)16-8-11-10(13)3-5-20-11/h3,5,7,14,16H,2,4,6,8H2,1H3,(H,15,17). The van der Waals surface area contributed by atoms with Crippen molar-refractivity contribution in [1.29, 1.82) is 0 Å². The van der Waals surface area contributed by atoms with E-state index in [1.165, 1.54) is 17.5 Å². The van der Waals surface area contributed by atoms with Crippen molar-refractivity contribution < 1.29 is 8.42 Å². The number of nitrogens with zero attached hydrogens (tertiary/aromatic N) is 1. The molecule has 0 saturated carbocycles. The fourth-order valence-corrected chi connectivity index (χ4v) is 4.39. The summed E-state index contributed by atoms with van der Waals surface area (Å²) in [5.41, 5.74) is 0.640. The van der Waals surface area contributed by atoms with Crippen molar-refractivity contribution in [2.75, 3.05) is 6.54 Å². The van der Waals surface area contributed by atoms with Crippen LogP contribution in [0.4, 0.5) is 0 Å². The molecule has 0 amide bonds. The van der Waals surface area contributed by atoms with Gasteiger partial charge in [-0.2, -0.15) is 5.10 Å². The highest BCUT2D eigenvalue weighted by Gasteiger charge is 2.20. The first-order valence-electron chi connectivity index (χ1n) is 6.49. The summed E-state index contributed by atoms with van der Waals surface area (Å²) in [6.45, 7) is 3.62. The van der Waals surface area contributed by atoms with E-state index in [-0.39, 0.29) is 11.6 Å². The third-order valence-electron chi connectivity index (χ3n) is 2.80. The van der Waals surface area contributed by atoms with Gasteiger partial charge in [0.25, 0.3) is 10.0 Å². The number of halogens is 1. The summed E-state index contributed by atoms with van der Waals surface area (Å²) < 4.78 is 28.2. The highest BCUT2D eigenvalue weighted by molar-refractivity contribution is 9.10. The fraction of sp³-hybridized carbons (Fsp3) is 0.417. The Balaban J connectivity index is 2.05. The SMILES string of the molecule is CCCNCc1cn[nH]c1S(=O)(=O)NCc1sccc1Br. The van der Waals surface area contributed by atoms with Crippen LogP contribution in [0.1, 0.15) is 23.8 Å². The largest absolute Gasteiger partial charge is 0.313 e. The minimum Gasteiger partial charge on any atom is -0.313 e. The third-order valence-corrected chi connectivity index (χ3v) is 6.14. The van der Waals surface area contributed by atoms with E-state index in [9.17, 15) is 8.42 Å². The molecule has 0 bridgehead atoms. The third kappa shape index (κ3) is 4.36. The summed E-state index contributed by atoms with van der Waals surface area (Å²) in [6.07, 6.45) is 2.53. The molecule has 21 heavy (non-hydrogen) atoms. The van der Waals surface area contributed by atoms with Gasteiger partial charge >= 0.3 is 0 Å². The van der Waals surface area contributed by atoms with Crippen LogP contribution >= 0.6 is 27.3 Å². The number of hydrogen-bond acceptors (Lipinski definition) is 5. The average Bonchev–Trinajstić information content (AvgIpc) is 3.06. The fourth-order valence-electron chi connectivity index (χ4n) is 1.74. The molecule has 0 aliphatic carbocycles. The molecule has 2 aromatic rings. The summed E-state index contributed by atoms with van der Waals surface area (Å²) in [4.78, 5) is 0.934. The van der Waals surface area contributed by atoms with Gasteiger partial charge in [-0.25, -0.2) is 13.1 Å². The summed E-state index contributed by atoms with van der Waals surface area (Å²) in [5, 5.41) is 11.6. The number of aromatic nitrogens is 2. The smallest absolute Gasteiger partial charge is 0.258 e. The maximum Gasteiger partial charge on any atom is 0.258 e. The molecule has 2 heterocycles. The van der Waals surface area contributed by atoms with Crippen LogP contribution < -0.4 is 10.0 Å². The zero-order valence-electron chi connectivity index (χ0n) is 11.5. The zero-order chi connectivity index (χ0) is 15.3. The molecular formula is C12H17BrN4O2S2. The average molecular weight is 393 g/mol. The van der Waals surface area contributed by atoms with E-state index in [0.29, 0.717) is 12.1 Å². The van der Waals surface area contributed by atoms with Crippen LogP contribution in [-0.2, 0) is 23.1 Å². The van der Waals surface area contributed by atoms with E-state index >= 15 is 0 Å². The van der Waals surface area contributed by atoms with Gasteiger partial charge in [0.2, 0.25) is 0 Å². The molecule has 2 rings (SSSR count). The number of nitrogens with one attached hydrogen (secondary N) is 3. The number of H-pyrrole nitrogens is 1. The Hall–Kier alpha value is -0.740. The van der Waals surface area contributed by atoms with Crippen molar-refractivity contribution in [1.82, 2.24) is 20.2 Å². The molecule has 9 heteroatoms. The number of aromatic amines is 1. The Morgan fingerprint density at radius 1 is 1.43 bits per heavy atom. The van der Waals surface area contributed by atoms with Crippen molar-refractivity contribution in [3.05, 3.63) is 32.6 Å². The van der Waals surface area contributed by atoms with Gasteiger partial charge in [0, 0.05) is 28.0 Å². The Morgan fingerprint density at radius 3 is 2.90 bits per heavy atom. The predicted octanol–water partition coefficient (Wildman–Crippen LogP) is 2.21. The van der Waals surface area contributed by atoms with Gasteiger partial charge in [0.05, 0.1) is 6.20 Å². The van der Waals surface area contributed by atoms with Crippen LogP contribution in [0.2, 0.25) is 0 Å². The first kappa shape index (κ1) is 16.6. The number of sulfonamides is 1. The minimum atomic E-state index is -3.60. The monoisotopic (exact) mass is 392 g/mol. The first-order valence-corrected chi connectivity index (χ1v) is 9.64. The lowest BCUT2D eigenvalue weighted by molar-refractivity contribution is 0.574. The number of hydrogen-bond donors (Lipinski definition) is 3. The molecule has 116 valence electrons. The highest BCUT2D eigenvalue weighted by Crippen LogP contribution is 2.23. The maximum atomic E-state index is 12.3. The molecule has 0 spiro atoms. The highest BCUT2D eigenvalue weighted by atomic mass is 79.9. The number of thiophene rings is 1. The molecule has 3 N–H and O–H groups in total. The minimum absolute atomic E-state index is 0.124. The quantitative estimate of drug-likeness (QED) is 0.601. The lowest BCUT2D eigenvalue weighted by Crippen LogP contribution is -2.25. The molecule has 0 aromatic carbocycles. The van der Waals surface area contributed by atoms with E-state index < -0.39 is 10.0 Å². The summed E-state index contributed by atoms with van der Waals surface area (Å²) >= 11 is 4.88. The molecule has 0 aliphatic heterocycles. The molecule has 2 aromatic heterocycles. The first-order chi connectivity index (χ1) is 10.0. The van der Waals surface area contributed by atoms with Crippen LogP contribution in [0.15, 0.2) is 27.1 Å². The van der Waals surface area contributed by atoms with Gasteiger partial charge in [-0.15, -0.1) is 11.3 Å². The van der Waals surface area contributed by atoms with Crippen LogP contribution in [0.5, 0.6) is 0 Å². The molecule has 0 radical (unpaired) electrons. The van der Waals surface area contributed by atoms with Gasteiger partial charge in [-0.05, 0) is 40.3 Å². The van der Waals surface area contributed by atoms with E-state index in [1.54, 1.807) is 0 Å². The van der Waals surface area contributed by atoms with Crippen LogP contribution in [0.25, 0.3) is 0 Å². The van der Waals surface area contributed by atoms with Gasteiger partial charge in [0.1, 0.15) is 0 Å². The molecule has 6 nitrogen and oxygen atoms in total. The van der Waals surface area contributed by atoms with Gasteiger partial charge in [0.15, 0.2) is 5.03 Å². The molecule has 0 aliphatic rings. The Kier molecular flexibility index (Phi) is 5.94. The van der Waals surface area contributed by atoms with Crippen LogP contribution in [-0.4, -0.2) is 25.2 Å². The molecule has 0 fully saturated rings. The second-order valence-electron chi connectivity index (χ2n) is 4.42. The van der Waals surface area contributed by atoms with Crippen LogP contribution in [0.3, 0.4) is 0 Å². The normalized spacial score (nSPS) is 11.9. The summed E-state index contributed by atoms with van der Waals surface area (Å²) in [6, 6.07) is 1.89. The Bertz CT molecular complexity index is 681. The lowest BCUT2D eigenvalue weighted by Gasteiger charge is -2.07. The Morgan fingerprint density at radius 2 is 2.24 bits per heavy atom. The molecular weight excluding hydrogens is 376 g/mol. The topological polar surface area (TPSA) is 86.9 Å². The van der Waals surface area contributed by atoms with Crippen molar-refractivity contribution >= 4 is 37.3 Å². The van der Waals surface area contributed by atoms with Crippen molar-refractivity contribution in [2.24, 2.45) is 0 Å².